The highest BCUT2D eigenvalue weighted by atomic mass is 35.5. The Labute approximate surface area is 201 Å². The molecular weight excluding hydrogens is 487 g/mol. The molecule has 176 valence electrons. The van der Waals surface area contributed by atoms with Crippen LogP contribution in [0, 0.1) is 5.41 Å². The van der Waals surface area contributed by atoms with Gasteiger partial charge >= 0.3 is 0 Å². The van der Waals surface area contributed by atoms with Crippen LogP contribution in [0.3, 0.4) is 0 Å². The van der Waals surface area contributed by atoms with Crippen molar-refractivity contribution in [3.8, 4) is 11.1 Å². The van der Waals surface area contributed by atoms with Gasteiger partial charge in [-0.2, -0.15) is 0 Å². The lowest BCUT2D eigenvalue weighted by molar-refractivity contribution is 0.0973. The van der Waals surface area contributed by atoms with Crippen molar-refractivity contribution in [1.82, 2.24) is 14.4 Å². The van der Waals surface area contributed by atoms with Crippen LogP contribution in [0.25, 0.3) is 16.8 Å². The number of hydrogen-bond acceptors (Lipinski definition) is 7. The molecule has 2 aromatic heterocycles. The molecule has 1 spiro atoms. The van der Waals surface area contributed by atoms with E-state index in [2.05, 4.69) is 9.97 Å². The molecule has 0 saturated carbocycles. The molecule has 12 heteroatoms. The zero-order valence-corrected chi connectivity index (χ0v) is 20.2. The van der Waals surface area contributed by atoms with Crippen molar-refractivity contribution in [3.63, 3.8) is 0 Å². The number of rotatable bonds is 3. The van der Waals surface area contributed by atoms with Crippen molar-refractivity contribution >= 4 is 44.8 Å². The number of imidazole rings is 1. The number of primary sulfonamides is 1. The van der Waals surface area contributed by atoms with Gasteiger partial charge in [0.1, 0.15) is 5.65 Å². The number of ether oxygens (including phenoxy) is 1. The third-order valence-electron chi connectivity index (χ3n) is 6.87. The lowest BCUT2D eigenvalue weighted by atomic mass is 9.73. The molecule has 2 unspecified atom stereocenters. The van der Waals surface area contributed by atoms with E-state index in [1.807, 2.05) is 11.8 Å². The van der Waals surface area contributed by atoms with Crippen molar-refractivity contribution in [3.05, 3.63) is 40.6 Å². The van der Waals surface area contributed by atoms with E-state index >= 15 is 0 Å². The first-order valence-electron chi connectivity index (χ1n) is 10.6. The Morgan fingerprint density at radius 3 is 2.61 bits per heavy atom. The molecule has 3 aromatic rings. The molecule has 9 nitrogen and oxygen atoms in total. The summed E-state index contributed by atoms with van der Waals surface area (Å²) in [6.07, 6.45) is 4.96. The second-order valence-corrected chi connectivity index (χ2v) is 11.0. The third-order valence-corrected chi connectivity index (χ3v) is 8.53. The van der Waals surface area contributed by atoms with Crippen LogP contribution in [0.4, 0.5) is 5.95 Å². The Morgan fingerprint density at radius 2 is 1.97 bits per heavy atom. The highest BCUT2D eigenvalue weighted by Gasteiger charge is 2.48. The van der Waals surface area contributed by atoms with Crippen LogP contribution in [0.15, 0.2) is 35.6 Å². The fraction of sp³-hybridized carbons (Fsp3) is 0.429. The second-order valence-electron chi connectivity index (χ2n) is 8.75. The van der Waals surface area contributed by atoms with Crippen LogP contribution >= 0.6 is 23.2 Å². The number of hydrogen-bond donors (Lipinski definition) is 2. The third kappa shape index (κ3) is 3.69. The summed E-state index contributed by atoms with van der Waals surface area (Å²) < 4.78 is 32.9. The van der Waals surface area contributed by atoms with Gasteiger partial charge in [0.05, 0.1) is 28.3 Å². The molecule has 0 aliphatic carbocycles. The standard InChI is InChI=1S/C21H24Cl2N6O3S/c1-12-17(24)21(11-32-12)5-8-28(9-6-21)20-27-19(33(25,30)31)15(18-26-7-10-29(18)20)13-3-2-4-14(22)16(13)23/h2-4,7,10,12,17H,5-6,8-9,11,24H2,1H3,(H2,25,30,31). The van der Waals surface area contributed by atoms with Crippen molar-refractivity contribution in [2.45, 2.75) is 36.9 Å². The summed E-state index contributed by atoms with van der Waals surface area (Å²) in [5, 5.41) is 5.81. The van der Waals surface area contributed by atoms with E-state index in [9.17, 15) is 8.42 Å². The second kappa shape index (κ2) is 8.07. The van der Waals surface area contributed by atoms with E-state index in [1.165, 1.54) is 0 Å². The number of halogens is 2. The fourth-order valence-electron chi connectivity index (χ4n) is 4.93. The van der Waals surface area contributed by atoms with Crippen LogP contribution < -0.4 is 15.8 Å². The minimum absolute atomic E-state index is 0.0192. The number of sulfonamides is 1. The maximum absolute atomic E-state index is 12.7. The molecule has 2 fully saturated rings. The summed E-state index contributed by atoms with van der Waals surface area (Å²) in [7, 11) is -4.21. The Balaban J connectivity index is 1.63. The molecule has 33 heavy (non-hydrogen) atoms. The molecule has 0 radical (unpaired) electrons. The number of nitrogens with two attached hydrogens (primary N) is 2. The van der Waals surface area contributed by atoms with Crippen LogP contribution in [0.2, 0.25) is 10.0 Å². The first-order valence-corrected chi connectivity index (χ1v) is 12.9. The average molecular weight is 511 g/mol. The molecule has 2 atom stereocenters. The summed E-state index contributed by atoms with van der Waals surface area (Å²) >= 11 is 12.6. The molecule has 2 aliphatic rings. The number of nitrogens with zero attached hydrogens (tertiary/aromatic N) is 4. The molecule has 0 amide bonds. The van der Waals surface area contributed by atoms with Gasteiger partial charge in [-0.15, -0.1) is 0 Å². The minimum atomic E-state index is -4.21. The lowest BCUT2D eigenvalue weighted by Gasteiger charge is -2.41. The van der Waals surface area contributed by atoms with E-state index in [0.717, 1.165) is 12.8 Å². The first kappa shape index (κ1) is 22.8. The highest BCUT2D eigenvalue weighted by Crippen LogP contribution is 2.43. The van der Waals surface area contributed by atoms with Gasteiger partial charge in [0.2, 0.25) is 5.95 Å². The predicted octanol–water partition coefficient (Wildman–Crippen LogP) is 2.68. The lowest BCUT2D eigenvalue weighted by Crippen LogP contribution is -2.51. The first-order chi connectivity index (χ1) is 15.6. The Kier molecular flexibility index (Phi) is 5.58. The summed E-state index contributed by atoms with van der Waals surface area (Å²) in [4.78, 5) is 11.0. The van der Waals surface area contributed by atoms with Gasteiger partial charge in [0.15, 0.2) is 5.03 Å². The maximum Gasteiger partial charge on any atom is 0.256 e. The predicted molar refractivity (Wildman–Crippen MR) is 127 cm³/mol. The molecule has 4 N–H and O–H groups in total. The van der Waals surface area contributed by atoms with E-state index in [-0.39, 0.29) is 38.2 Å². The van der Waals surface area contributed by atoms with E-state index in [4.69, 9.17) is 38.8 Å². The highest BCUT2D eigenvalue weighted by molar-refractivity contribution is 7.89. The number of aromatic nitrogens is 3. The van der Waals surface area contributed by atoms with Gasteiger partial charge < -0.3 is 15.4 Å². The van der Waals surface area contributed by atoms with Crippen molar-refractivity contribution < 1.29 is 13.2 Å². The van der Waals surface area contributed by atoms with Crippen LogP contribution in [-0.2, 0) is 14.8 Å². The molecule has 1 aromatic carbocycles. The summed E-state index contributed by atoms with van der Waals surface area (Å²) in [5.41, 5.74) is 7.35. The van der Waals surface area contributed by atoms with Gasteiger partial charge in [-0.25, -0.2) is 23.5 Å². The molecule has 2 aliphatic heterocycles. The Bertz CT molecular complexity index is 1340. The summed E-state index contributed by atoms with van der Waals surface area (Å²) in [6, 6.07) is 4.94. The molecular formula is C21H24Cl2N6O3S. The van der Waals surface area contributed by atoms with Gasteiger partial charge in [0.25, 0.3) is 10.0 Å². The van der Waals surface area contributed by atoms with Crippen molar-refractivity contribution in [1.29, 1.82) is 0 Å². The van der Waals surface area contributed by atoms with Crippen molar-refractivity contribution in [2.75, 3.05) is 24.6 Å². The van der Waals surface area contributed by atoms with Crippen LogP contribution in [0.1, 0.15) is 19.8 Å². The zero-order valence-electron chi connectivity index (χ0n) is 17.9. The van der Waals surface area contributed by atoms with Crippen LogP contribution in [-0.4, -0.2) is 54.6 Å². The maximum atomic E-state index is 12.7. The normalized spacial score (nSPS) is 23.0. The largest absolute Gasteiger partial charge is 0.376 e. The molecule has 0 bridgehead atoms. The number of fused-ring (bicyclic) bond motifs is 1. The minimum Gasteiger partial charge on any atom is -0.376 e. The number of piperidine rings is 1. The van der Waals surface area contributed by atoms with Crippen molar-refractivity contribution in [2.24, 2.45) is 16.3 Å². The Hall–Kier alpha value is -1.95. The van der Waals surface area contributed by atoms with Gasteiger partial charge in [-0.1, -0.05) is 35.3 Å². The number of anilines is 1. The van der Waals surface area contributed by atoms with E-state index < -0.39 is 10.0 Å². The summed E-state index contributed by atoms with van der Waals surface area (Å²) in [6.45, 7) is 3.92. The van der Waals surface area contributed by atoms with E-state index in [1.54, 1.807) is 35.0 Å². The zero-order chi connectivity index (χ0) is 23.5. The van der Waals surface area contributed by atoms with Gasteiger partial charge in [0, 0.05) is 42.5 Å². The topological polar surface area (TPSA) is 129 Å². The smallest absolute Gasteiger partial charge is 0.256 e. The molecule has 2 saturated heterocycles. The SMILES string of the molecule is CC1OCC2(CCN(c3nc(S(N)(=O)=O)c(-c4cccc(Cl)c4Cl)c4nccn34)CC2)C1N. The number of benzene rings is 1. The molecule has 5 rings (SSSR count). The Morgan fingerprint density at radius 1 is 1.24 bits per heavy atom. The fourth-order valence-corrected chi connectivity index (χ4v) is 6.02. The van der Waals surface area contributed by atoms with Crippen LogP contribution in [0.5, 0.6) is 0 Å². The molecule has 4 heterocycles. The monoisotopic (exact) mass is 510 g/mol. The van der Waals surface area contributed by atoms with Gasteiger partial charge in [-0.3, -0.25) is 4.40 Å². The van der Waals surface area contributed by atoms with E-state index in [0.29, 0.717) is 36.9 Å². The average Bonchev–Trinajstić information content (AvgIpc) is 3.37. The quantitative estimate of drug-likeness (QED) is 0.518. The van der Waals surface area contributed by atoms with Gasteiger partial charge in [-0.05, 0) is 25.8 Å². The summed E-state index contributed by atoms with van der Waals surface area (Å²) in [5.74, 6) is 0.448.